The molecule has 112 heavy (non-hydrogen) atoms. The number of hydrogen-bond donors (Lipinski definition) is 23. The van der Waals surface area contributed by atoms with Gasteiger partial charge < -0.3 is 184 Å². The van der Waals surface area contributed by atoms with E-state index in [1.165, 1.54) is 54.6 Å². The third-order valence-electron chi connectivity index (χ3n) is 18.5. The fraction of sp³-hybridized carbons (Fsp3) is 0.431. The highest BCUT2D eigenvalue weighted by atomic mass is 16.7. The Morgan fingerprint density at radius 3 is 1.21 bits per heavy atom. The molecule has 6 heterocycles. The molecular weight excluding hydrogens is 1500 g/mol. The summed E-state index contributed by atoms with van der Waals surface area (Å²) in [6.45, 7) is -3.87. The Morgan fingerprint density at radius 2 is 0.768 bits per heavy atom. The van der Waals surface area contributed by atoms with Gasteiger partial charge in [0.25, 0.3) is 6.29 Å². The molecule has 0 amide bonds. The fourth-order valence-corrected chi connectivity index (χ4v) is 12.1. The van der Waals surface area contributed by atoms with E-state index in [9.17, 15) is 132 Å². The number of benzene rings is 4. The van der Waals surface area contributed by atoms with Crippen molar-refractivity contribution in [1.82, 2.24) is 0 Å². The number of phenols is 5. The molecule has 40 nitrogen and oxygen atoms in total. The van der Waals surface area contributed by atoms with E-state index in [0.717, 1.165) is 72.9 Å². The van der Waals surface area contributed by atoms with Gasteiger partial charge in [-0.15, -0.1) is 0 Å². The predicted octanol–water partition coefficient (Wildman–Crippen LogP) is -5.98. The van der Waals surface area contributed by atoms with Crippen LogP contribution in [0.15, 0.2) is 132 Å². The second-order valence-corrected chi connectivity index (χ2v) is 26.3. The van der Waals surface area contributed by atoms with Crippen molar-refractivity contribution in [3.8, 4) is 46.0 Å². The normalized spacial score (nSPS) is 34.2. The van der Waals surface area contributed by atoms with Gasteiger partial charge in [-0.05, 0) is 95.6 Å². The van der Waals surface area contributed by atoms with Crippen LogP contribution < -0.4 is 14.2 Å². The van der Waals surface area contributed by atoms with Gasteiger partial charge in [0.05, 0.1) is 18.8 Å². The van der Waals surface area contributed by atoms with E-state index in [-0.39, 0.29) is 45.3 Å². The number of aliphatic hydroxyl groups is 20. The summed E-state index contributed by atoms with van der Waals surface area (Å²) < 4.78 is 77.3. The maximum absolute atomic E-state index is 13.1. The van der Waals surface area contributed by atoms with Crippen molar-refractivity contribution in [2.75, 3.05) is 33.0 Å². The van der Waals surface area contributed by atoms with E-state index in [2.05, 4.69) is 4.74 Å². The zero-order valence-electron chi connectivity index (χ0n) is 57.9. The monoisotopic (exact) mass is 1590 g/mol. The van der Waals surface area contributed by atoms with E-state index in [4.69, 9.17) is 61.6 Å². The second kappa shape index (κ2) is 36.0. The van der Waals surface area contributed by atoms with E-state index in [1.54, 1.807) is 0 Å². The number of ether oxygens (including phenoxy) is 14. The zero-order valence-corrected chi connectivity index (χ0v) is 57.9. The van der Waals surface area contributed by atoms with Gasteiger partial charge >= 0.3 is 17.9 Å². The van der Waals surface area contributed by atoms with Gasteiger partial charge in [-0.3, -0.25) is 0 Å². The highest BCUT2D eigenvalue weighted by Crippen LogP contribution is 2.43. The van der Waals surface area contributed by atoms with Crippen LogP contribution in [-0.4, -0.2) is 333 Å². The second-order valence-electron chi connectivity index (χ2n) is 26.3. The number of rotatable bonds is 25. The lowest BCUT2D eigenvalue weighted by Gasteiger charge is -2.40. The molecule has 24 N–H and O–H groups in total. The topological polar surface area (TPSA) is 649 Å². The summed E-state index contributed by atoms with van der Waals surface area (Å²) in [6.07, 6.45) is -36.6. The molecule has 7 aliphatic rings. The lowest BCUT2D eigenvalue weighted by atomic mass is 9.97. The first-order chi connectivity index (χ1) is 53.3. The van der Waals surface area contributed by atoms with Gasteiger partial charge in [0.1, 0.15) is 147 Å². The Kier molecular flexibility index (Phi) is 26.8. The molecule has 0 bridgehead atoms. The van der Waals surface area contributed by atoms with Crippen LogP contribution in [0.5, 0.6) is 46.0 Å². The van der Waals surface area contributed by atoms with Crippen LogP contribution >= 0.6 is 0 Å². The summed E-state index contributed by atoms with van der Waals surface area (Å²) in [5, 5.41) is 244. The quantitative estimate of drug-likeness (QED) is 0.00966. The van der Waals surface area contributed by atoms with Crippen LogP contribution in [0.1, 0.15) is 22.3 Å². The van der Waals surface area contributed by atoms with E-state index >= 15 is 0 Å². The molecule has 0 spiro atoms. The number of hydrogen-bond acceptors (Lipinski definition) is 39. The van der Waals surface area contributed by atoms with Crippen molar-refractivity contribution in [3.63, 3.8) is 0 Å². The Balaban J connectivity index is 0.708. The number of carbonyl (C=O) groups excluding carboxylic acids is 3. The first-order valence-electron chi connectivity index (χ1n) is 34.2. The van der Waals surface area contributed by atoms with Crippen molar-refractivity contribution < 1.29 is 198 Å². The largest absolute Gasteiger partial charge is 0.507 e. The molecule has 0 radical (unpaired) electrons. The minimum absolute atomic E-state index is 0.116. The van der Waals surface area contributed by atoms with Gasteiger partial charge in [-0.1, -0.05) is 18.2 Å². The molecule has 40 heteroatoms. The number of allylic oxidation sites excluding steroid dienone is 1. The van der Waals surface area contributed by atoms with Crippen molar-refractivity contribution in [2.45, 2.75) is 160 Å². The molecule has 1 aliphatic carbocycles. The Morgan fingerprint density at radius 1 is 0.384 bits per heavy atom. The maximum atomic E-state index is 13.1. The highest BCUT2D eigenvalue weighted by molar-refractivity contribution is 5.88. The third-order valence-corrected chi connectivity index (χ3v) is 18.5. The van der Waals surface area contributed by atoms with Gasteiger partial charge in [0, 0.05) is 35.9 Å². The van der Waals surface area contributed by atoms with Crippen LogP contribution in [0.2, 0.25) is 0 Å². The first kappa shape index (κ1) is 83.3. The summed E-state index contributed by atoms with van der Waals surface area (Å²) in [5.74, 6) is -8.57. The fourth-order valence-electron chi connectivity index (χ4n) is 12.1. The molecule has 6 aliphatic heterocycles. The number of phenolic OH excluding ortho intramolecular Hbond substituents is 5. The molecular formula is C72H81O40+. The average molecular weight is 1590 g/mol. The van der Waals surface area contributed by atoms with Gasteiger partial charge in [-0.2, -0.15) is 0 Å². The van der Waals surface area contributed by atoms with E-state index < -0.39 is 257 Å². The highest BCUT2D eigenvalue weighted by Gasteiger charge is 2.52. The molecule has 1 unspecified atom stereocenters. The van der Waals surface area contributed by atoms with Crippen molar-refractivity contribution in [2.24, 2.45) is 0 Å². The van der Waals surface area contributed by atoms with Crippen molar-refractivity contribution >= 4 is 41.9 Å². The third kappa shape index (κ3) is 19.0. The number of esters is 3. The van der Waals surface area contributed by atoms with Crippen LogP contribution in [0.4, 0.5) is 0 Å². The lowest BCUT2D eigenvalue weighted by Crippen LogP contribution is -2.60. The molecule has 26 atom stereocenters. The molecule has 11 rings (SSSR count). The molecule has 5 saturated heterocycles. The van der Waals surface area contributed by atoms with Crippen LogP contribution in [0, 0.1) is 0 Å². The summed E-state index contributed by atoms with van der Waals surface area (Å²) in [7, 11) is 0. The average Bonchev–Trinajstić information content (AvgIpc) is 0.764. The SMILES string of the molecule is O=C(C=Cc1ccc(O)c(O)c1)OC[C@H]1O[C@@H]([OH+]C2C=C(O)C3=CC(O[C@@H]4O[C@H](CO)[C@@H](O)[C@H](O)[C@H]4O)=C(c4ccc(O)c(O[C@@H]5O[C@H](COC(=O)/C=C/c6ccc(O[C@@H]7O[C@H](COC(=O)/C=C/c8ccc(O[C@@H]9O[C@H](CO)[C@@H](O)[C@H](O)[C@H]9O)c(O)c8)[C@@H](O)[C@H](O)[C@H]7O)c(O)c6)[C@@H](O)[C@H](O)[C@H]5O)c4)OC3=C2)[C@H](O)[C@@H](O)[C@@H]1O. The van der Waals surface area contributed by atoms with Gasteiger partial charge in [0.15, 0.2) is 63.6 Å². The number of aliphatic hydroxyl groups excluding tert-OH is 18. The summed E-state index contributed by atoms with van der Waals surface area (Å²) >= 11 is 0. The minimum Gasteiger partial charge on any atom is -0.507 e. The lowest BCUT2D eigenvalue weighted by molar-refractivity contribution is -0.354. The van der Waals surface area contributed by atoms with Gasteiger partial charge in [-0.25, -0.2) is 14.4 Å². The molecule has 4 aromatic carbocycles. The molecule has 0 aromatic heterocycles. The zero-order chi connectivity index (χ0) is 80.8. The van der Waals surface area contributed by atoms with E-state index in [0.29, 0.717) is 5.56 Å². The number of carbonyl (C=O) groups is 3. The summed E-state index contributed by atoms with van der Waals surface area (Å²) in [4.78, 5) is 38.5. The van der Waals surface area contributed by atoms with Gasteiger partial charge in [0.2, 0.25) is 31.3 Å². The first-order valence-corrected chi connectivity index (χ1v) is 34.2. The molecule has 4 aromatic rings. The summed E-state index contributed by atoms with van der Waals surface area (Å²) in [5.41, 5.74) is 0.333. The predicted molar refractivity (Wildman–Crippen MR) is 366 cm³/mol. The van der Waals surface area contributed by atoms with Crippen LogP contribution in [0.3, 0.4) is 0 Å². The van der Waals surface area contributed by atoms with E-state index in [1.807, 2.05) is 0 Å². The molecule has 608 valence electrons. The Hall–Kier alpha value is -9.65. The Labute approximate surface area is 631 Å². The number of fused-ring (bicyclic) bond motifs is 1. The van der Waals surface area contributed by atoms with Crippen molar-refractivity contribution in [1.29, 1.82) is 0 Å². The molecule has 5 fully saturated rings. The molecule has 0 saturated carbocycles. The number of aromatic hydroxyl groups is 5. The van der Waals surface area contributed by atoms with Crippen LogP contribution in [0.25, 0.3) is 24.0 Å². The van der Waals surface area contributed by atoms with Crippen molar-refractivity contribution in [3.05, 3.63) is 154 Å². The smallest absolute Gasteiger partial charge is 0.330 e. The standard InChI is InChI=1S/C72H80O40/c73-22-44-52(84)57(89)63(95)69(108-44)104-39-10-2-28(16-37(39)79)5-13-50(82)100-25-47-55(87)60(92)65(97)70(111-47)105-40-11-3-29(17-38(40)80)6-14-51(83)101-26-48-56(88)61(93)66(98)71(112-48)106-42-18-30(7-9-34(42)76)67-43(107-72-64(96)58(90)53(85)45(23-74)109-72)21-32-35(77)19-31(20-41(32)103-67)102-68-62(94)59(91)54(86)46(110-68)24-99-49(81)12-4-27-1-8-33(75)36(78)15-27/h1-21,31,44-48,52-66,68-80,84-98H,22-26H2/p+1/b12-4?,13-5+,14-6+/t31?,44-,45-,46-,47-,48-,52-,53-,54-,55-,56-,57+,58+,59+,60+,61+,62-,63-,64-,65-,66-,68-,69-,70-,71-,72-/m1/s1. The summed E-state index contributed by atoms with van der Waals surface area (Å²) in [6, 6.07) is 14.3. The minimum atomic E-state index is -2.10. The van der Waals surface area contributed by atoms with Crippen LogP contribution in [-0.2, 0) is 61.8 Å². The Bertz CT molecular complexity index is 4230. The maximum Gasteiger partial charge on any atom is 0.330 e.